The summed E-state index contributed by atoms with van der Waals surface area (Å²) in [5.41, 5.74) is 0. The molecule has 0 N–H and O–H groups in total. The first kappa shape index (κ1) is 12.7. The van der Waals surface area contributed by atoms with Gasteiger partial charge in [-0.05, 0) is 20.3 Å². The fraction of sp³-hybridized carbons (Fsp3) is 0.600. The molecule has 0 aliphatic heterocycles. The molecule has 1 rings (SSSR count). The van der Waals surface area contributed by atoms with Crippen LogP contribution in [-0.2, 0) is 18.1 Å². The van der Waals surface area contributed by atoms with Gasteiger partial charge in [-0.3, -0.25) is 13.6 Å². The number of hydrogen-bond acceptors (Lipinski definition) is 4. The van der Waals surface area contributed by atoms with Crippen LogP contribution in [0.3, 0.4) is 0 Å². The van der Waals surface area contributed by atoms with Gasteiger partial charge in [0.25, 0.3) is 0 Å². The zero-order chi connectivity index (χ0) is 11.1. The molecule has 4 nitrogen and oxygen atoms in total. The van der Waals surface area contributed by atoms with Gasteiger partial charge in [-0.2, -0.15) is 0 Å². The maximum Gasteiger partial charge on any atom is 0.475 e. The zero-order valence-electron chi connectivity index (χ0n) is 9.09. The summed E-state index contributed by atoms with van der Waals surface area (Å²) in [4.78, 5) is 0. The highest BCUT2D eigenvalue weighted by Gasteiger charge is 2.28. The lowest BCUT2D eigenvalue weighted by molar-refractivity contribution is 0.101. The minimum atomic E-state index is -3.37. The second kappa shape index (κ2) is 6.23. The van der Waals surface area contributed by atoms with E-state index in [0.717, 1.165) is 0 Å². The molecule has 0 aromatic rings. The zero-order valence-corrected chi connectivity index (χ0v) is 9.98. The van der Waals surface area contributed by atoms with Crippen molar-refractivity contribution in [1.29, 1.82) is 0 Å². The third-order valence-corrected chi connectivity index (χ3v) is 3.46. The second-order valence-electron chi connectivity index (χ2n) is 2.98. The molecule has 0 aromatic heterocycles. The van der Waals surface area contributed by atoms with E-state index in [1.807, 2.05) is 24.3 Å². The first-order valence-corrected chi connectivity index (χ1v) is 6.57. The van der Waals surface area contributed by atoms with E-state index < -0.39 is 7.82 Å². The molecular weight excluding hydrogens is 215 g/mol. The van der Waals surface area contributed by atoms with Gasteiger partial charge in [0.2, 0.25) is 0 Å². The monoisotopic (exact) mass is 232 g/mol. The van der Waals surface area contributed by atoms with Gasteiger partial charge < -0.3 is 0 Å². The molecule has 0 fully saturated rings. The van der Waals surface area contributed by atoms with Crippen LogP contribution in [0.2, 0.25) is 0 Å². The summed E-state index contributed by atoms with van der Waals surface area (Å²) >= 11 is 0. The van der Waals surface area contributed by atoms with Gasteiger partial charge in [0.1, 0.15) is 0 Å². The molecule has 0 aromatic carbocycles. The molecule has 15 heavy (non-hydrogen) atoms. The van der Waals surface area contributed by atoms with Crippen LogP contribution in [0.15, 0.2) is 24.3 Å². The van der Waals surface area contributed by atoms with Crippen molar-refractivity contribution in [3.05, 3.63) is 24.3 Å². The van der Waals surface area contributed by atoms with Crippen molar-refractivity contribution < 1.29 is 18.1 Å². The predicted molar refractivity (Wildman–Crippen MR) is 58.6 cm³/mol. The van der Waals surface area contributed by atoms with Gasteiger partial charge in [-0.25, -0.2) is 4.57 Å². The number of phosphoric acid groups is 1. The van der Waals surface area contributed by atoms with Crippen LogP contribution in [0.25, 0.3) is 0 Å². The molecule has 0 saturated heterocycles. The van der Waals surface area contributed by atoms with E-state index in [1.165, 1.54) is 0 Å². The highest BCUT2D eigenvalue weighted by Crippen LogP contribution is 2.51. The molecule has 0 radical (unpaired) electrons. The summed E-state index contributed by atoms with van der Waals surface area (Å²) in [5, 5.41) is 0. The minimum absolute atomic E-state index is 0.223. The Kier molecular flexibility index (Phi) is 5.26. The Bertz CT molecular complexity index is 275. The first-order chi connectivity index (χ1) is 7.20. The maximum absolute atomic E-state index is 12.0. The van der Waals surface area contributed by atoms with Crippen LogP contribution in [0.4, 0.5) is 0 Å². The summed E-state index contributed by atoms with van der Waals surface area (Å²) in [6.45, 7) is 4.13. The summed E-state index contributed by atoms with van der Waals surface area (Å²) < 4.78 is 27.3. The Labute approximate surface area is 90.5 Å². The van der Waals surface area contributed by atoms with Crippen molar-refractivity contribution in [2.45, 2.75) is 26.4 Å². The number of allylic oxidation sites excluding steroid dienone is 2. The average Bonchev–Trinajstić information content (AvgIpc) is 2.19. The fourth-order valence-electron chi connectivity index (χ4n) is 1.22. The standard InChI is InChI=1S/C10H17O4P/c1-3-12-15(11,13-4-2)14-10-8-6-5-7-9-10/h5-8,10H,3-4,9H2,1-2H3. The van der Waals surface area contributed by atoms with Gasteiger partial charge in [0, 0.05) is 0 Å². The third-order valence-electron chi connectivity index (χ3n) is 1.78. The van der Waals surface area contributed by atoms with Crippen molar-refractivity contribution >= 4 is 7.82 Å². The van der Waals surface area contributed by atoms with Crippen molar-refractivity contribution in [1.82, 2.24) is 0 Å². The van der Waals surface area contributed by atoms with Gasteiger partial charge in [0.05, 0.1) is 19.3 Å². The third kappa shape index (κ3) is 4.31. The SMILES string of the molecule is CCOP(=O)(OCC)OC1C=CC=CC1. The van der Waals surface area contributed by atoms with E-state index in [-0.39, 0.29) is 6.10 Å². The summed E-state index contributed by atoms with van der Waals surface area (Å²) in [7, 11) is -3.37. The molecule has 86 valence electrons. The summed E-state index contributed by atoms with van der Waals surface area (Å²) in [5.74, 6) is 0. The smallest absolute Gasteiger partial charge is 0.287 e. The van der Waals surface area contributed by atoms with Gasteiger partial charge in [-0.1, -0.05) is 24.3 Å². The Morgan fingerprint density at radius 3 is 2.40 bits per heavy atom. The minimum Gasteiger partial charge on any atom is -0.287 e. The van der Waals surface area contributed by atoms with E-state index in [9.17, 15) is 4.57 Å². The van der Waals surface area contributed by atoms with Crippen LogP contribution in [0, 0.1) is 0 Å². The normalized spacial score (nSPS) is 20.8. The van der Waals surface area contributed by atoms with Crippen molar-refractivity contribution in [3.8, 4) is 0 Å². The van der Waals surface area contributed by atoms with Crippen LogP contribution < -0.4 is 0 Å². The maximum atomic E-state index is 12.0. The van der Waals surface area contributed by atoms with Gasteiger partial charge >= 0.3 is 7.82 Å². The van der Waals surface area contributed by atoms with Crippen molar-refractivity contribution in [2.24, 2.45) is 0 Å². The average molecular weight is 232 g/mol. The van der Waals surface area contributed by atoms with Crippen LogP contribution in [0.5, 0.6) is 0 Å². The molecule has 1 aliphatic carbocycles. The first-order valence-electron chi connectivity index (χ1n) is 5.11. The Balaban J connectivity index is 2.54. The Morgan fingerprint density at radius 2 is 1.93 bits per heavy atom. The predicted octanol–water partition coefficient (Wildman–Crippen LogP) is 3.07. The molecule has 0 bridgehead atoms. The molecule has 0 amide bonds. The largest absolute Gasteiger partial charge is 0.475 e. The molecule has 5 heteroatoms. The molecule has 1 atom stereocenters. The van der Waals surface area contributed by atoms with Crippen LogP contribution in [0.1, 0.15) is 20.3 Å². The lowest BCUT2D eigenvalue weighted by Gasteiger charge is -2.21. The number of rotatable bonds is 6. The molecule has 1 aliphatic rings. The lowest BCUT2D eigenvalue weighted by atomic mass is 10.1. The Hall–Kier alpha value is -0.410. The second-order valence-corrected chi connectivity index (χ2v) is 4.60. The molecule has 1 unspecified atom stereocenters. The lowest BCUT2D eigenvalue weighted by Crippen LogP contribution is -2.11. The van der Waals surface area contributed by atoms with Crippen LogP contribution in [-0.4, -0.2) is 19.3 Å². The number of hydrogen-bond donors (Lipinski definition) is 0. The van der Waals surface area contributed by atoms with Crippen molar-refractivity contribution in [2.75, 3.05) is 13.2 Å². The van der Waals surface area contributed by atoms with E-state index in [0.29, 0.717) is 19.6 Å². The molecule has 0 spiro atoms. The van der Waals surface area contributed by atoms with Gasteiger partial charge in [0.15, 0.2) is 0 Å². The number of phosphoric ester groups is 1. The van der Waals surface area contributed by atoms with Crippen molar-refractivity contribution in [3.63, 3.8) is 0 Å². The molecule has 0 saturated carbocycles. The van der Waals surface area contributed by atoms with E-state index in [1.54, 1.807) is 13.8 Å². The molecular formula is C10H17O4P. The highest BCUT2D eigenvalue weighted by molar-refractivity contribution is 7.48. The van der Waals surface area contributed by atoms with Gasteiger partial charge in [-0.15, -0.1) is 0 Å². The fourth-order valence-corrected chi connectivity index (χ4v) is 2.53. The summed E-state index contributed by atoms with van der Waals surface area (Å²) in [6, 6.07) is 0. The topological polar surface area (TPSA) is 44.8 Å². The quantitative estimate of drug-likeness (QED) is 0.660. The van der Waals surface area contributed by atoms with Crippen LogP contribution >= 0.6 is 7.82 Å². The highest BCUT2D eigenvalue weighted by atomic mass is 31.2. The van der Waals surface area contributed by atoms with E-state index in [4.69, 9.17) is 13.6 Å². The van der Waals surface area contributed by atoms with E-state index >= 15 is 0 Å². The Morgan fingerprint density at radius 1 is 1.27 bits per heavy atom. The molecule has 0 heterocycles. The summed E-state index contributed by atoms with van der Waals surface area (Å²) in [6.07, 6.45) is 8.04. The van der Waals surface area contributed by atoms with E-state index in [2.05, 4.69) is 0 Å².